The van der Waals surface area contributed by atoms with Crippen LogP contribution in [0.15, 0.2) is 42.5 Å². The van der Waals surface area contributed by atoms with Crippen LogP contribution in [0, 0.1) is 13.8 Å². The first kappa shape index (κ1) is 24.1. The number of hydrogen-bond donors (Lipinski definition) is 0. The second-order valence-corrected chi connectivity index (χ2v) is 9.76. The van der Waals surface area contributed by atoms with E-state index in [1.54, 1.807) is 0 Å². The first-order valence-corrected chi connectivity index (χ1v) is 12.5. The van der Waals surface area contributed by atoms with Crippen LogP contribution in [0.4, 0.5) is 0 Å². The largest absolute Gasteiger partial charge is 0.492 e. The molecule has 0 aliphatic carbocycles. The third kappa shape index (κ3) is 6.72. The summed E-state index contributed by atoms with van der Waals surface area (Å²) in [6, 6.07) is 15.0. The van der Waals surface area contributed by atoms with Crippen LogP contribution < -0.4 is 9.47 Å². The number of aryl methyl sites for hydroxylation is 2. The zero-order chi connectivity index (χ0) is 23.1. The van der Waals surface area contributed by atoms with Crippen molar-refractivity contribution in [2.24, 2.45) is 0 Å². The number of likely N-dealkylation sites (tertiary alicyclic amines) is 2. The van der Waals surface area contributed by atoms with Gasteiger partial charge in [0.05, 0.1) is 0 Å². The van der Waals surface area contributed by atoms with Gasteiger partial charge in [-0.05, 0) is 81.9 Å². The maximum Gasteiger partial charge on any atom is 0.122 e. The summed E-state index contributed by atoms with van der Waals surface area (Å²) in [6.07, 6.45) is 4.62. The van der Waals surface area contributed by atoms with E-state index in [1.807, 2.05) is 7.11 Å². The second-order valence-electron chi connectivity index (χ2n) is 9.76. The van der Waals surface area contributed by atoms with Gasteiger partial charge in [0.1, 0.15) is 30.3 Å². The fourth-order valence-corrected chi connectivity index (χ4v) is 4.94. The number of rotatable bonds is 10. The standard InChI is InChI=1S/C28H40N2O3/c1-23-6-11-27(24(2)20-23)33-22-28(31-3)12-16-30(17-13-28)21-25-7-9-26(10-8-25)32-19-18-29-14-4-5-15-29/h6-11,20H,4-5,12-19,21-22H2,1-3H3. The Balaban J connectivity index is 1.21. The van der Waals surface area contributed by atoms with Crippen molar-refractivity contribution < 1.29 is 14.2 Å². The molecular weight excluding hydrogens is 412 g/mol. The summed E-state index contributed by atoms with van der Waals surface area (Å²) < 4.78 is 18.1. The molecule has 0 radical (unpaired) electrons. The number of methoxy groups -OCH3 is 1. The number of nitrogens with zero attached hydrogens (tertiary/aromatic N) is 2. The van der Waals surface area contributed by atoms with Crippen LogP contribution in [0.5, 0.6) is 11.5 Å². The van der Waals surface area contributed by atoms with Gasteiger partial charge in [-0.1, -0.05) is 29.8 Å². The molecule has 0 bridgehead atoms. The molecule has 5 heteroatoms. The molecule has 0 aromatic heterocycles. The Labute approximate surface area is 199 Å². The molecule has 2 heterocycles. The van der Waals surface area contributed by atoms with E-state index in [9.17, 15) is 0 Å². The van der Waals surface area contributed by atoms with E-state index in [2.05, 4.69) is 66.1 Å². The minimum absolute atomic E-state index is 0.207. The SMILES string of the molecule is COC1(COc2ccc(C)cc2C)CCN(Cc2ccc(OCCN3CCCC3)cc2)CC1. The molecule has 2 saturated heterocycles. The highest BCUT2D eigenvalue weighted by molar-refractivity contribution is 5.35. The molecule has 180 valence electrons. The van der Waals surface area contributed by atoms with Crippen LogP contribution >= 0.6 is 0 Å². The Kier molecular flexibility index (Phi) is 8.29. The molecule has 2 fully saturated rings. The summed E-state index contributed by atoms with van der Waals surface area (Å²) in [7, 11) is 1.82. The predicted molar refractivity (Wildman–Crippen MR) is 133 cm³/mol. The number of hydrogen-bond acceptors (Lipinski definition) is 5. The van der Waals surface area contributed by atoms with Crippen LogP contribution in [-0.4, -0.2) is 68.4 Å². The maximum atomic E-state index is 6.20. The van der Waals surface area contributed by atoms with Crippen LogP contribution in [0.25, 0.3) is 0 Å². The van der Waals surface area contributed by atoms with Crippen molar-refractivity contribution in [1.29, 1.82) is 0 Å². The Morgan fingerprint density at radius 3 is 2.24 bits per heavy atom. The molecule has 2 aliphatic rings. The first-order chi connectivity index (χ1) is 16.0. The van der Waals surface area contributed by atoms with Crippen molar-refractivity contribution >= 4 is 0 Å². The Hall–Kier alpha value is -2.08. The molecule has 33 heavy (non-hydrogen) atoms. The average molecular weight is 453 g/mol. The Bertz CT molecular complexity index is 869. The second kappa shape index (κ2) is 11.4. The van der Waals surface area contributed by atoms with E-state index >= 15 is 0 Å². The van der Waals surface area contributed by atoms with Gasteiger partial charge in [0.25, 0.3) is 0 Å². The highest BCUT2D eigenvalue weighted by Gasteiger charge is 2.35. The van der Waals surface area contributed by atoms with Crippen molar-refractivity contribution in [2.75, 3.05) is 53.0 Å². The first-order valence-electron chi connectivity index (χ1n) is 12.5. The molecule has 5 nitrogen and oxygen atoms in total. The lowest BCUT2D eigenvalue weighted by Crippen LogP contribution is -2.48. The number of ether oxygens (including phenoxy) is 3. The molecule has 0 saturated carbocycles. The minimum Gasteiger partial charge on any atom is -0.492 e. The predicted octanol–water partition coefficient (Wildman–Crippen LogP) is 4.84. The summed E-state index contributed by atoms with van der Waals surface area (Å²) in [5.41, 5.74) is 3.57. The summed E-state index contributed by atoms with van der Waals surface area (Å²) in [6.45, 7) is 12.1. The molecule has 0 amide bonds. The zero-order valence-corrected chi connectivity index (χ0v) is 20.6. The van der Waals surface area contributed by atoms with Gasteiger partial charge in [-0.3, -0.25) is 9.80 Å². The summed E-state index contributed by atoms with van der Waals surface area (Å²) >= 11 is 0. The van der Waals surface area contributed by atoms with E-state index in [-0.39, 0.29) is 5.60 Å². The smallest absolute Gasteiger partial charge is 0.122 e. The van der Waals surface area contributed by atoms with Crippen molar-refractivity contribution in [2.45, 2.75) is 51.7 Å². The van der Waals surface area contributed by atoms with Crippen LogP contribution in [-0.2, 0) is 11.3 Å². The van der Waals surface area contributed by atoms with Crippen LogP contribution in [0.1, 0.15) is 42.4 Å². The Morgan fingerprint density at radius 1 is 0.848 bits per heavy atom. The van der Waals surface area contributed by atoms with Gasteiger partial charge >= 0.3 is 0 Å². The van der Waals surface area contributed by atoms with E-state index in [4.69, 9.17) is 14.2 Å². The molecule has 2 aromatic rings. The minimum atomic E-state index is -0.207. The van der Waals surface area contributed by atoms with Gasteiger partial charge in [-0.15, -0.1) is 0 Å². The highest BCUT2D eigenvalue weighted by atomic mass is 16.5. The fourth-order valence-electron chi connectivity index (χ4n) is 4.94. The lowest BCUT2D eigenvalue weighted by molar-refractivity contribution is -0.0840. The third-order valence-electron chi connectivity index (χ3n) is 7.23. The average Bonchev–Trinajstić information content (AvgIpc) is 3.34. The quantitative estimate of drug-likeness (QED) is 0.515. The molecule has 2 aliphatic heterocycles. The van der Waals surface area contributed by atoms with E-state index in [0.717, 1.165) is 57.1 Å². The number of benzene rings is 2. The molecule has 0 atom stereocenters. The van der Waals surface area contributed by atoms with Crippen LogP contribution in [0.3, 0.4) is 0 Å². The molecule has 2 aromatic carbocycles. The lowest BCUT2D eigenvalue weighted by atomic mass is 9.91. The molecule has 0 unspecified atom stereocenters. The van der Waals surface area contributed by atoms with Gasteiger partial charge < -0.3 is 14.2 Å². The van der Waals surface area contributed by atoms with Gasteiger partial charge in [-0.2, -0.15) is 0 Å². The van der Waals surface area contributed by atoms with Gasteiger partial charge in [0.2, 0.25) is 0 Å². The van der Waals surface area contributed by atoms with Gasteiger partial charge in [0, 0.05) is 33.3 Å². The normalized spacial score (nSPS) is 19.0. The summed E-state index contributed by atoms with van der Waals surface area (Å²) in [5.74, 6) is 1.93. The summed E-state index contributed by atoms with van der Waals surface area (Å²) in [4.78, 5) is 5.00. The monoisotopic (exact) mass is 452 g/mol. The number of piperidine rings is 1. The van der Waals surface area contributed by atoms with Gasteiger partial charge in [-0.25, -0.2) is 0 Å². The van der Waals surface area contributed by atoms with E-state index in [1.165, 1.54) is 42.6 Å². The third-order valence-corrected chi connectivity index (χ3v) is 7.23. The van der Waals surface area contributed by atoms with E-state index < -0.39 is 0 Å². The highest BCUT2D eigenvalue weighted by Crippen LogP contribution is 2.29. The Morgan fingerprint density at radius 2 is 1.58 bits per heavy atom. The van der Waals surface area contributed by atoms with E-state index in [0.29, 0.717) is 6.61 Å². The van der Waals surface area contributed by atoms with Crippen molar-refractivity contribution in [3.8, 4) is 11.5 Å². The summed E-state index contributed by atoms with van der Waals surface area (Å²) in [5, 5.41) is 0. The molecule has 0 N–H and O–H groups in total. The van der Waals surface area contributed by atoms with Gasteiger partial charge in [0.15, 0.2) is 0 Å². The van der Waals surface area contributed by atoms with Crippen LogP contribution in [0.2, 0.25) is 0 Å². The molecule has 4 rings (SSSR count). The zero-order valence-electron chi connectivity index (χ0n) is 20.6. The lowest BCUT2D eigenvalue weighted by Gasteiger charge is -2.40. The topological polar surface area (TPSA) is 34.2 Å². The van der Waals surface area contributed by atoms with Crippen molar-refractivity contribution in [3.05, 3.63) is 59.2 Å². The van der Waals surface area contributed by atoms with Crippen molar-refractivity contribution in [3.63, 3.8) is 0 Å². The molecule has 0 spiro atoms. The van der Waals surface area contributed by atoms with Crippen molar-refractivity contribution in [1.82, 2.24) is 9.80 Å². The maximum absolute atomic E-state index is 6.20. The fraction of sp³-hybridized carbons (Fsp3) is 0.571. The molecular formula is C28H40N2O3.